The van der Waals surface area contributed by atoms with Gasteiger partial charge in [0.05, 0.1) is 24.6 Å². The van der Waals surface area contributed by atoms with Gasteiger partial charge in [0, 0.05) is 20.0 Å². The fourth-order valence-corrected chi connectivity index (χ4v) is 3.29. The molecule has 1 aliphatic carbocycles. The van der Waals surface area contributed by atoms with Gasteiger partial charge in [-0.2, -0.15) is 0 Å². The number of hydrogen-bond acceptors (Lipinski definition) is 5. The van der Waals surface area contributed by atoms with E-state index in [0.29, 0.717) is 13.0 Å². The van der Waals surface area contributed by atoms with Crippen LogP contribution in [-0.4, -0.2) is 60.7 Å². The Balaban J connectivity index is 3.07. The highest BCUT2D eigenvalue weighted by Crippen LogP contribution is 2.36. The van der Waals surface area contributed by atoms with Crippen LogP contribution < -0.4 is 22.1 Å². The highest BCUT2D eigenvalue weighted by molar-refractivity contribution is 5.87. The van der Waals surface area contributed by atoms with Gasteiger partial charge in [-0.3, -0.25) is 14.4 Å². The number of nitrogens with zero attached hydrogens (tertiary/aromatic N) is 1. The summed E-state index contributed by atoms with van der Waals surface area (Å²) in [5, 5.41) is 14.8. The lowest BCUT2D eigenvalue weighted by Crippen LogP contribution is -2.54. The van der Waals surface area contributed by atoms with Crippen LogP contribution >= 0.6 is 0 Å². The normalized spacial score (nSPS) is 24.3. The third-order valence-corrected chi connectivity index (χ3v) is 4.52. The lowest BCUT2D eigenvalue weighted by molar-refractivity contribution is -0.141. The topological polar surface area (TPSA) is 169 Å². The van der Waals surface area contributed by atoms with Crippen molar-refractivity contribution in [3.8, 4) is 0 Å². The lowest BCUT2D eigenvalue weighted by Gasteiger charge is -2.28. The Morgan fingerprint density at radius 1 is 1.27 bits per heavy atom. The number of amides is 2. The molecule has 0 spiro atoms. The van der Waals surface area contributed by atoms with Gasteiger partial charge in [0.25, 0.3) is 0 Å². The van der Waals surface area contributed by atoms with Crippen LogP contribution in [0.2, 0.25) is 0 Å². The van der Waals surface area contributed by atoms with Gasteiger partial charge in [0.1, 0.15) is 6.04 Å². The minimum Gasteiger partial charge on any atom is -0.481 e. The summed E-state index contributed by atoms with van der Waals surface area (Å²) in [6.07, 6.45) is 1.04. The molecular weight excluding hydrogens is 342 g/mol. The number of nitrogens with one attached hydrogen (secondary N) is 2. The van der Waals surface area contributed by atoms with Crippen LogP contribution in [0.25, 0.3) is 0 Å². The largest absolute Gasteiger partial charge is 0.481 e. The van der Waals surface area contributed by atoms with Gasteiger partial charge in [-0.1, -0.05) is 6.92 Å². The van der Waals surface area contributed by atoms with Crippen molar-refractivity contribution in [3.05, 3.63) is 0 Å². The van der Waals surface area contributed by atoms with Crippen molar-refractivity contribution in [2.75, 3.05) is 13.7 Å². The third kappa shape index (κ3) is 6.17. The van der Waals surface area contributed by atoms with Gasteiger partial charge in [0.15, 0.2) is 5.96 Å². The van der Waals surface area contributed by atoms with Crippen molar-refractivity contribution >= 4 is 23.7 Å². The first-order chi connectivity index (χ1) is 12.2. The Hall–Kier alpha value is -2.36. The Morgan fingerprint density at radius 3 is 2.38 bits per heavy atom. The number of guanidine groups is 1. The summed E-state index contributed by atoms with van der Waals surface area (Å²) >= 11 is 0. The van der Waals surface area contributed by atoms with Crippen molar-refractivity contribution in [2.24, 2.45) is 28.3 Å². The van der Waals surface area contributed by atoms with Crippen molar-refractivity contribution in [3.63, 3.8) is 0 Å². The average molecular weight is 371 g/mol. The van der Waals surface area contributed by atoms with Crippen LogP contribution in [0.15, 0.2) is 4.99 Å². The molecule has 0 aromatic carbocycles. The van der Waals surface area contributed by atoms with E-state index in [-0.39, 0.29) is 24.8 Å². The molecule has 0 aromatic heterocycles. The number of carboxylic acids is 1. The number of aliphatic carboxylic acids is 1. The van der Waals surface area contributed by atoms with E-state index >= 15 is 0 Å². The van der Waals surface area contributed by atoms with Crippen molar-refractivity contribution in [1.29, 1.82) is 0 Å². The van der Waals surface area contributed by atoms with E-state index in [0.717, 1.165) is 0 Å². The quantitative estimate of drug-likeness (QED) is 0.250. The molecule has 10 nitrogen and oxygen atoms in total. The maximum atomic E-state index is 12.8. The Labute approximate surface area is 152 Å². The van der Waals surface area contributed by atoms with Crippen molar-refractivity contribution in [1.82, 2.24) is 10.6 Å². The number of ether oxygens (including phenoxy) is 1. The predicted molar refractivity (Wildman–Crippen MR) is 95.2 cm³/mol. The molecule has 0 radical (unpaired) electrons. The van der Waals surface area contributed by atoms with E-state index in [1.165, 1.54) is 14.0 Å². The molecule has 10 heteroatoms. The van der Waals surface area contributed by atoms with E-state index in [4.69, 9.17) is 16.2 Å². The predicted octanol–water partition coefficient (Wildman–Crippen LogP) is -1.21. The van der Waals surface area contributed by atoms with E-state index < -0.39 is 41.7 Å². The fourth-order valence-electron chi connectivity index (χ4n) is 3.29. The standard InChI is InChI=1S/C16H29N5O5/c1-4-10(7-26-3)20-14(23)13(19-8(2)22)11-5-9(15(24)25)6-12(11)21-16(17)18/h9-13H,4-7H2,1-3H3,(H,19,22)(H,20,23)(H,24,25)(H4,17,18,21)/t9?,10?,11-,12-,13?/m0/s1. The SMILES string of the molecule is CCC(COC)NC(=O)C(NC(C)=O)[C@H]1CC(C(=O)O)C[C@@H]1N=C(N)N. The Bertz CT molecular complexity index is 549. The molecule has 7 N–H and O–H groups in total. The summed E-state index contributed by atoms with van der Waals surface area (Å²) in [4.78, 5) is 39.9. The minimum absolute atomic E-state index is 0.182. The van der Waals surface area contributed by atoms with Gasteiger partial charge < -0.3 is 31.9 Å². The molecule has 1 saturated carbocycles. The number of rotatable bonds is 9. The summed E-state index contributed by atoms with van der Waals surface area (Å²) in [6.45, 7) is 3.52. The molecule has 1 fully saturated rings. The Kier molecular flexibility index (Phi) is 8.30. The average Bonchev–Trinajstić information content (AvgIpc) is 2.94. The molecule has 5 atom stereocenters. The molecule has 0 heterocycles. The van der Waals surface area contributed by atoms with Crippen molar-refractivity contribution in [2.45, 2.75) is 51.2 Å². The summed E-state index contributed by atoms with van der Waals surface area (Å²) in [6, 6.07) is -1.72. The smallest absolute Gasteiger partial charge is 0.306 e. The molecule has 1 aliphatic rings. The first kappa shape index (κ1) is 21.7. The number of hydrogen-bond donors (Lipinski definition) is 5. The monoisotopic (exact) mass is 371 g/mol. The lowest BCUT2D eigenvalue weighted by atomic mass is 9.92. The maximum absolute atomic E-state index is 12.8. The minimum atomic E-state index is -0.976. The second-order valence-electron chi connectivity index (χ2n) is 6.54. The van der Waals surface area contributed by atoms with E-state index in [2.05, 4.69) is 15.6 Å². The number of methoxy groups -OCH3 is 1. The number of nitrogens with two attached hydrogens (primary N) is 2. The molecular formula is C16H29N5O5. The molecule has 0 bridgehead atoms. The molecule has 0 aliphatic heterocycles. The fraction of sp³-hybridized carbons (Fsp3) is 0.750. The summed E-state index contributed by atoms with van der Waals surface area (Å²) in [7, 11) is 1.53. The Morgan fingerprint density at radius 2 is 1.92 bits per heavy atom. The highest BCUT2D eigenvalue weighted by atomic mass is 16.5. The molecule has 1 rings (SSSR count). The van der Waals surface area contributed by atoms with Crippen molar-refractivity contribution < 1.29 is 24.2 Å². The first-order valence-corrected chi connectivity index (χ1v) is 8.57. The molecule has 0 aromatic rings. The van der Waals surface area contributed by atoms with Gasteiger partial charge in [-0.25, -0.2) is 4.99 Å². The third-order valence-electron chi connectivity index (χ3n) is 4.52. The number of carbonyl (C=O) groups is 3. The van der Waals surface area contributed by atoms with Crippen LogP contribution in [0.4, 0.5) is 0 Å². The zero-order valence-electron chi connectivity index (χ0n) is 15.4. The van der Waals surface area contributed by atoms with Crippen LogP contribution in [0, 0.1) is 11.8 Å². The van der Waals surface area contributed by atoms with Gasteiger partial charge in [0.2, 0.25) is 11.8 Å². The molecule has 3 unspecified atom stereocenters. The second-order valence-corrected chi connectivity index (χ2v) is 6.54. The first-order valence-electron chi connectivity index (χ1n) is 8.57. The number of aliphatic imine (C=N–C) groups is 1. The highest BCUT2D eigenvalue weighted by Gasteiger charge is 2.45. The zero-order chi connectivity index (χ0) is 19.9. The molecule has 26 heavy (non-hydrogen) atoms. The zero-order valence-corrected chi connectivity index (χ0v) is 15.4. The summed E-state index contributed by atoms with van der Waals surface area (Å²) in [5.41, 5.74) is 10.9. The van der Waals surface area contributed by atoms with Gasteiger partial charge >= 0.3 is 5.97 Å². The molecule has 2 amide bonds. The van der Waals surface area contributed by atoms with Gasteiger partial charge in [-0.05, 0) is 19.3 Å². The molecule has 148 valence electrons. The van der Waals surface area contributed by atoms with Crippen LogP contribution in [0.1, 0.15) is 33.1 Å². The van der Waals surface area contributed by atoms with E-state index in [1.807, 2.05) is 6.92 Å². The summed E-state index contributed by atoms with van der Waals surface area (Å²) in [5.74, 6) is -3.17. The van der Waals surface area contributed by atoms with Gasteiger partial charge in [-0.15, -0.1) is 0 Å². The van der Waals surface area contributed by atoms with Crippen LogP contribution in [-0.2, 0) is 19.1 Å². The summed E-state index contributed by atoms with van der Waals surface area (Å²) < 4.78 is 5.07. The number of carboxylic acid groups (broad SMARTS) is 1. The van der Waals surface area contributed by atoms with Crippen LogP contribution in [0.5, 0.6) is 0 Å². The molecule has 0 saturated heterocycles. The number of carbonyl (C=O) groups excluding carboxylic acids is 2. The van der Waals surface area contributed by atoms with Crippen LogP contribution in [0.3, 0.4) is 0 Å². The van der Waals surface area contributed by atoms with E-state index in [9.17, 15) is 19.5 Å². The van der Waals surface area contributed by atoms with E-state index in [1.54, 1.807) is 0 Å². The maximum Gasteiger partial charge on any atom is 0.306 e. The second kappa shape index (κ2) is 9.95.